The molecule has 0 aromatic heterocycles. The Kier molecular flexibility index (Phi) is 29.6. The van der Waals surface area contributed by atoms with Crippen LogP contribution in [-0.4, -0.2) is 111 Å². The number of hydrogen-bond donors (Lipinski definition) is 0. The standard InChI is InChI=1S/6CHF3O3S.2Sc/c6*2-1(3,4)8(5,6)7;;/h6*(H,5,6,7);;/q;;;;;;2*+3/p-6. The summed E-state index contributed by atoms with van der Waals surface area (Å²) in [5.74, 6) is 0. The Bertz CT molecular complexity index is 1320. The molecule has 300 valence electrons. The third-order valence-electron chi connectivity index (χ3n) is 1.70. The number of halogens is 18. The molecule has 0 N–H and O–H groups in total. The van der Waals surface area contributed by atoms with Crippen molar-refractivity contribution in [3.63, 3.8) is 0 Å². The Labute approximate surface area is 300 Å². The van der Waals surface area contributed by atoms with Gasteiger partial charge in [0.1, 0.15) is 0 Å². The van der Waals surface area contributed by atoms with Crippen molar-refractivity contribution in [3.05, 3.63) is 0 Å². The Balaban J connectivity index is -0.0000000700. The first-order valence-electron chi connectivity index (χ1n) is 7.63. The molecule has 0 aliphatic heterocycles. The van der Waals surface area contributed by atoms with Crippen molar-refractivity contribution < 1.29 is 209 Å². The predicted octanol–water partition coefficient (Wildman–Crippen LogP) is 0.303. The van der Waals surface area contributed by atoms with Crippen molar-refractivity contribution in [3.8, 4) is 0 Å². The van der Waals surface area contributed by atoms with Gasteiger partial charge in [-0.3, -0.25) is 0 Å². The molecule has 0 unspecified atom stereocenters. The van der Waals surface area contributed by atoms with E-state index in [4.69, 9.17) is 77.8 Å². The van der Waals surface area contributed by atoms with Gasteiger partial charge >= 0.3 is 84.7 Å². The first-order valence-corrected chi connectivity index (χ1v) is 16.1. The summed E-state index contributed by atoms with van der Waals surface area (Å²) >= 11 is 0. The van der Waals surface area contributed by atoms with Crippen LogP contribution in [0.15, 0.2) is 0 Å². The Morgan fingerprint density at radius 3 is 0.240 bits per heavy atom. The zero-order valence-corrected chi connectivity index (χ0v) is 29.3. The number of rotatable bonds is 0. The fourth-order valence-corrected chi connectivity index (χ4v) is 0. The van der Waals surface area contributed by atoms with Crippen LogP contribution in [0.5, 0.6) is 0 Å². The van der Waals surface area contributed by atoms with E-state index in [1.165, 1.54) is 0 Å². The molecule has 44 heteroatoms. The van der Waals surface area contributed by atoms with Gasteiger partial charge in [0, 0.05) is 0 Å². The third kappa shape index (κ3) is 36.3. The van der Waals surface area contributed by atoms with Crippen molar-refractivity contribution in [2.24, 2.45) is 0 Å². The summed E-state index contributed by atoms with van der Waals surface area (Å²) in [6.07, 6.45) is 0. The fraction of sp³-hybridized carbons (Fsp3) is 1.00. The van der Waals surface area contributed by atoms with Crippen LogP contribution in [0.2, 0.25) is 0 Å². The van der Waals surface area contributed by atoms with Gasteiger partial charge in [0.15, 0.2) is 60.7 Å². The molecule has 18 nitrogen and oxygen atoms in total. The van der Waals surface area contributed by atoms with E-state index in [1.807, 2.05) is 0 Å². The molecule has 0 atom stereocenters. The smallest absolute Gasteiger partial charge is 0.741 e. The Morgan fingerprint density at radius 2 is 0.240 bits per heavy atom. The molecule has 0 aromatic rings. The molecule has 0 rings (SSSR count). The molecule has 0 radical (unpaired) electrons. The van der Waals surface area contributed by atoms with Gasteiger partial charge in [-0.25, -0.2) is 50.5 Å². The van der Waals surface area contributed by atoms with Crippen molar-refractivity contribution >= 4 is 60.7 Å². The zero-order chi connectivity index (χ0) is 42.0. The molecule has 0 aromatic carbocycles. The van der Waals surface area contributed by atoms with Gasteiger partial charge < -0.3 is 27.3 Å². The molecule has 0 amide bonds. The third-order valence-corrected chi connectivity index (χ3v) is 5.10. The molecule has 0 aliphatic rings. The Hall–Kier alpha value is -0.0597. The molecule has 0 heterocycles. The molecule has 0 fully saturated rings. The SMILES string of the molecule is O=S(=O)([O-])C(F)(F)F.O=S(=O)([O-])C(F)(F)F.O=S(=O)([O-])C(F)(F)F.O=S(=O)([O-])C(F)(F)F.O=S(=O)([O-])C(F)(F)F.O=S(=O)([O-])C(F)(F)F.[Sc+3].[Sc+3]. The van der Waals surface area contributed by atoms with E-state index in [2.05, 4.69) is 0 Å². The van der Waals surface area contributed by atoms with Gasteiger partial charge in [-0.2, -0.15) is 79.0 Å². The molecule has 0 saturated carbocycles. The van der Waals surface area contributed by atoms with Crippen LogP contribution in [0.3, 0.4) is 0 Å². The van der Waals surface area contributed by atoms with Crippen molar-refractivity contribution in [2.75, 3.05) is 0 Å². The Morgan fingerprint density at radius 1 is 0.220 bits per heavy atom. The minimum Gasteiger partial charge on any atom is -0.741 e. The molecule has 50 heavy (non-hydrogen) atoms. The molecular weight excluding hydrogens is 984 g/mol. The van der Waals surface area contributed by atoms with Crippen molar-refractivity contribution in [1.29, 1.82) is 0 Å². The quantitative estimate of drug-likeness (QED) is 0.179. The maximum absolute atomic E-state index is 10.7. The van der Waals surface area contributed by atoms with Crippen LogP contribution in [0.4, 0.5) is 79.0 Å². The average Bonchev–Trinajstić information content (AvgIpc) is 2.60. The second-order valence-corrected chi connectivity index (χ2v) is 13.6. The summed E-state index contributed by atoms with van der Waals surface area (Å²) in [7, 11) is -36.5. The summed E-state index contributed by atoms with van der Waals surface area (Å²) in [6.45, 7) is 0. The number of alkyl halides is 18. The topological polar surface area (TPSA) is 343 Å². The summed E-state index contributed by atoms with van der Waals surface area (Å²) in [6, 6.07) is 0. The summed E-state index contributed by atoms with van der Waals surface area (Å²) < 4.78 is 353. The second-order valence-electron chi connectivity index (χ2n) is 5.40. The van der Waals surface area contributed by atoms with Gasteiger partial charge in [0.2, 0.25) is 0 Å². The van der Waals surface area contributed by atoms with Gasteiger partial charge in [0.25, 0.3) is 0 Å². The van der Waals surface area contributed by atoms with E-state index in [9.17, 15) is 79.0 Å². The van der Waals surface area contributed by atoms with Crippen LogP contribution in [0.25, 0.3) is 0 Å². The monoisotopic (exact) mass is 984 g/mol. The first kappa shape index (κ1) is 68.0. The largest absolute Gasteiger partial charge is 3.00 e. The number of hydrogen-bond acceptors (Lipinski definition) is 18. The van der Waals surface area contributed by atoms with E-state index in [0.717, 1.165) is 0 Å². The van der Waals surface area contributed by atoms with Crippen LogP contribution in [0.1, 0.15) is 0 Å². The van der Waals surface area contributed by atoms with Crippen LogP contribution in [0, 0.1) is 0 Å². The normalized spacial score (nSPS) is 13.4. The molecular formula is C6F18O18S6Sc2. The molecule has 0 saturated heterocycles. The minimum absolute atomic E-state index is 0. The van der Waals surface area contributed by atoms with E-state index < -0.39 is 93.8 Å². The maximum Gasteiger partial charge on any atom is 3.00 e. The summed E-state index contributed by atoms with van der Waals surface area (Å²) in [5, 5.41) is 0. The first-order chi connectivity index (χ1) is 19.5. The fourth-order valence-electron chi connectivity index (χ4n) is 0. The van der Waals surface area contributed by atoms with Crippen LogP contribution >= 0.6 is 0 Å². The van der Waals surface area contributed by atoms with Crippen molar-refractivity contribution in [2.45, 2.75) is 33.0 Å². The van der Waals surface area contributed by atoms with Crippen LogP contribution < -0.4 is 0 Å². The van der Waals surface area contributed by atoms with Gasteiger partial charge in [-0.15, -0.1) is 0 Å². The van der Waals surface area contributed by atoms with E-state index in [1.54, 1.807) is 0 Å². The van der Waals surface area contributed by atoms with Gasteiger partial charge in [0.05, 0.1) is 0 Å². The van der Waals surface area contributed by atoms with E-state index in [-0.39, 0.29) is 51.7 Å². The van der Waals surface area contributed by atoms with Crippen LogP contribution in [-0.2, 0) is 112 Å². The van der Waals surface area contributed by atoms with Gasteiger partial charge in [-0.1, -0.05) is 0 Å². The molecule has 0 aliphatic carbocycles. The maximum atomic E-state index is 10.7. The average molecular weight is 984 g/mol. The summed E-state index contributed by atoms with van der Waals surface area (Å²) in [4.78, 5) is 0. The zero-order valence-electron chi connectivity index (χ0n) is 20.8. The van der Waals surface area contributed by atoms with E-state index >= 15 is 0 Å². The predicted molar refractivity (Wildman–Crippen MR) is 94.5 cm³/mol. The van der Waals surface area contributed by atoms with Gasteiger partial charge in [-0.05, 0) is 0 Å². The van der Waals surface area contributed by atoms with E-state index in [0.29, 0.717) is 0 Å². The molecule has 0 bridgehead atoms. The second kappa shape index (κ2) is 21.7. The summed E-state index contributed by atoms with van der Waals surface area (Å²) in [5.41, 5.74) is -33.9. The molecule has 0 spiro atoms. The minimum atomic E-state index is -6.09. The van der Waals surface area contributed by atoms with Crippen molar-refractivity contribution in [1.82, 2.24) is 0 Å².